The van der Waals surface area contributed by atoms with Crippen molar-refractivity contribution in [3.8, 4) is 0 Å². The van der Waals surface area contributed by atoms with Crippen LogP contribution in [-0.2, 0) is 6.54 Å². The number of benzene rings is 2. The third-order valence-corrected chi connectivity index (χ3v) is 3.63. The van der Waals surface area contributed by atoms with Crippen molar-refractivity contribution >= 4 is 23.2 Å². The molecule has 1 aromatic heterocycles. The summed E-state index contributed by atoms with van der Waals surface area (Å²) in [7, 11) is 0. The minimum Gasteiger partial charge on any atom is -0.321 e. The number of hydrogen-bond donors (Lipinski definition) is 1. The maximum Gasteiger partial charge on any atom is 0.276 e. The van der Waals surface area contributed by atoms with E-state index >= 15 is 0 Å². The summed E-state index contributed by atoms with van der Waals surface area (Å²) >= 11 is 5.85. The van der Waals surface area contributed by atoms with Crippen molar-refractivity contribution in [2.45, 2.75) is 6.54 Å². The van der Waals surface area contributed by atoms with Gasteiger partial charge in [-0.2, -0.15) is 5.10 Å². The van der Waals surface area contributed by atoms with Crippen LogP contribution in [0.25, 0.3) is 0 Å². The molecule has 3 aromatic rings. The summed E-state index contributed by atoms with van der Waals surface area (Å²) in [6, 6.07) is 18.9. The maximum absolute atomic E-state index is 12.3. The fraction of sp³-hybridized carbons (Fsp3) is 0.0556. The van der Waals surface area contributed by atoms with Crippen LogP contribution >= 0.6 is 11.6 Å². The molecule has 0 aliphatic heterocycles. The van der Waals surface area contributed by atoms with Gasteiger partial charge in [0.25, 0.3) is 11.5 Å². The van der Waals surface area contributed by atoms with Crippen LogP contribution in [0.4, 0.5) is 5.69 Å². The van der Waals surface area contributed by atoms with Gasteiger partial charge in [0.1, 0.15) is 5.69 Å². The molecule has 0 bridgehead atoms. The van der Waals surface area contributed by atoms with Gasteiger partial charge in [0.05, 0.1) is 6.54 Å². The van der Waals surface area contributed by atoms with Crippen molar-refractivity contribution in [1.29, 1.82) is 0 Å². The molecule has 0 atom stereocenters. The molecular weight excluding hydrogens is 326 g/mol. The average molecular weight is 340 g/mol. The standard InChI is InChI=1S/C18H14ClN3O2/c19-14-8-6-13(7-9-14)12-22-17(23)11-10-16(21-22)18(24)20-15-4-2-1-3-5-15/h1-11H,12H2,(H,20,24). The zero-order valence-electron chi connectivity index (χ0n) is 12.6. The summed E-state index contributed by atoms with van der Waals surface area (Å²) in [6.45, 7) is 0.266. The normalized spacial score (nSPS) is 10.4. The van der Waals surface area contributed by atoms with E-state index in [2.05, 4.69) is 10.4 Å². The first-order valence-corrected chi connectivity index (χ1v) is 7.68. The van der Waals surface area contributed by atoms with E-state index in [9.17, 15) is 9.59 Å². The van der Waals surface area contributed by atoms with E-state index in [0.717, 1.165) is 5.56 Å². The van der Waals surface area contributed by atoms with Crippen LogP contribution in [0.1, 0.15) is 16.1 Å². The average Bonchev–Trinajstić information content (AvgIpc) is 2.59. The highest BCUT2D eigenvalue weighted by Crippen LogP contribution is 2.10. The fourth-order valence-corrected chi connectivity index (χ4v) is 2.29. The zero-order chi connectivity index (χ0) is 16.9. The van der Waals surface area contributed by atoms with Crippen molar-refractivity contribution in [2.24, 2.45) is 0 Å². The molecule has 24 heavy (non-hydrogen) atoms. The van der Waals surface area contributed by atoms with Crippen molar-refractivity contribution in [3.05, 3.63) is 93.4 Å². The number of nitrogens with one attached hydrogen (secondary N) is 1. The molecule has 0 aliphatic rings. The second-order valence-electron chi connectivity index (χ2n) is 5.16. The van der Waals surface area contributed by atoms with Gasteiger partial charge >= 0.3 is 0 Å². The van der Waals surface area contributed by atoms with E-state index in [0.29, 0.717) is 10.7 Å². The van der Waals surface area contributed by atoms with E-state index < -0.39 is 0 Å². The molecule has 1 heterocycles. The summed E-state index contributed by atoms with van der Waals surface area (Å²) in [5.41, 5.74) is 1.43. The van der Waals surface area contributed by atoms with E-state index in [4.69, 9.17) is 11.6 Å². The molecule has 0 aliphatic carbocycles. The number of carbonyl (C=O) groups is 1. The van der Waals surface area contributed by atoms with Crippen LogP contribution in [0.15, 0.2) is 71.5 Å². The van der Waals surface area contributed by atoms with E-state index in [1.165, 1.54) is 16.8 Å². The van der Waals surface area contributed by atoms with E-state index in [1.54, 1.807) is 24.3 Å². The van der Waals surface area contributed by atoms with Crippen LogP contribution < -0.4 is 10.9 Å². The van der Waals surface area contributed by atoms with Gasteiger partial charge in [-0.3, -0.25) is 9.59 Å². The third-order valence-electron chi connectivity index (χ3n) is 3.38. The smallest absolute Gasteiger partial charge is 0.276 e. The number of anilines is 1. The highest BCUT2D eigenvalue weighted by Gasteiger charge is 2.10. The number of nitrogens with zero attached hydrogens (tertiary/aromatic N) is 2. The Morgan fingerprint density at radius 1 is 1.00 bits per heavy atom. The minimum atomic E-state index is -0.369. The van der Waals surface area contributed by atoms with Gasteiger partial charge in [-0.25, -0.2) is 4.68 Å². The molecule has 0 spiro atoms. The van der Waals surface area contributed by atoms with Gasteiger partial charge < -0.3 is 5.32 Å². The van der Waals surface area contributed by atoms with Crippen molar-refractivity contribution in [2.75, 3.05) is 5.32 Å². The number of carbonyl (C=O) groups excluding carboxylic acids is 1. The quantitative estimate of drug-likeness (QED) is 0.794. The lowest BCUT2D eigenvalue weighted by atomic mass is 10.2. The summed E-state index contributed by atoms with van der Waals surface area (Å²) in [5.74, 6) is -0.369. The Kier molecular flexibility index (Phi) is 4.72. The molecule has 0 fully saturated rings. The van der Waals surface area contributed by atoms with Gasteiger partial charge in [-0.15, -0.1) is 0 Å². The fourth-order valence-electron chi connectivity index (χ4n) is 2.16. The highest BCUT2D eigenvalue weighted by atomic mass is 35.5. The molecular formula is C18H14ClN3O2. The maximum atomic E-state index is 12.3. The van der Waals surface area contributed by atoms with Crippen molar-refractivity contribution < 1.29 is 4.79 Å². The van der Waals surface area contributed by atoms with Crippen molar-refractivity contribution in [1.82, 2.24) is 9.78 Å². The zero-order valence-corrected chi connectivity index (χ0v) is 13.4. The van der Waals surface area contributed by atoms with Gasteiger partial charge in [0.2, 0.25) is 0 Å². The number of aromatic nitrogens is 2. The summed E-state index contributed by atoms with van der Waals surface area (Å²) in [6.07, 6.45) is 0. The summed E-state index contributed by atoms with van der Waals surface area (Å²) < 4.78 is 1.25. The Bertz CT molecular complexity index is 906. The first-order valence-electron chi connectivity index (χ1n) is 7.31. The molecule has 0 unspecified atom stereocenters. The predicted molar refractivity (Wildman–Crippen MR) is 93.4 cm³/mol. The topological polar surface area (TPSA) is 64.0 Å². The van der Waals surface area contributed by atoms with Crippen LogP contribution in [0, 0.1) is 0 Å². The predicted octanol–water partition coefficient (Wildman–Crippen LogP) is 3.20. The second kappa shape index (κ2) is 7.10. The van der Waals surface area contributed by atoms with E-state index in [-0.39, 0.29) is 23.7 Å². The monoisotopic (exact) mass is 339 g/mol. The van der Waals surface area contributed by atoms with Gasteiger partial charge in [0, 0.05) is 16.8 Å². The Morgan fingerprint density at radius 2 is 1.71 bits per heavy atom. The van der Waals surface area contributed by atoms with Gasteiger partial charge in [-0.1, -0.05) is 41.9 Å². The molecule has 1 N–H and O–H groups in total. The van der Waals surface area contributed by atoms with Crippen LogP contribution in [-0.4, -0.2) is 15.7 Å². The highest BCUT2D eigenvalue weighted by molar-refractivity contribution is 6.30. The van der Waals surface area contributed by atoms with E-state index in [1.807, 2.05) is 30.3 Å². The molecule has 5 nitrogen and oxygen atoms in total. The Balaban J connectivity index is 1.81. The van der Waals surface area contributed by atoms with Crippen molar-refractivity contribution in [3.63, 3.8) is 0 Å². The van der Waals surface area contributed by atoms with Crippen LogP contribution in [0.2, 0.25) is 5.02 Å². The SMILES string of the molecule is O=C(Nc1ccccc1)c1ccc(=O)n(Cc2ccc(Cl)cc2)n1. The minimum absolute atomic E-state index is 0.174. The lowest BCUT2D eigenvalue weighted by Gasteiger charge is -2.08. The Hall–Kier alpha value is -2.92. The number of halogens is 1. The third kappa shape index (κ3) is 3.88. The van der Waals surface area contributed by atoms with Gasteiger partial charge in [-0.05, 0) is 35.9 Å². The largest absolute Gasteiger partial charge is 0.321 e. The molecule has 3 rings (SSSR count). The molecule has 2 aromatic carbocycles. The molecule has 1 amide bonds. The summed E-state index contributed by atoms with van der Waals surface area (Å²) in [4.78, 5) is 24.2. The molecule has 0 saturated carbocycles. The first-order chi connectivity index (χ1) is 11.6. The Morgan fingerprint density at radius 3 is 2.42 bits per heavy atom. The summed E-state index contributed by atoms with van der Waals surface area (Å²) in [5, 5.41) is 7.51. The number of amides is 1. The first kappa shape index (κ1) is 16.0. The number of para-hydroxylation sites is 1. The molecule has 120 valence electrons. The number of hydrogen-bond acceptors (Lipinski definition) is 3. The lowest BCUT2D eigenvalue weighted by Crippen LogP contribution is -2.26. The Labute approximate surface area is 143 Å². The van der Waals surface area contributed by atoms with Crippen LogP contribution in [0.5, 0.6) is 0 Å². The molecule has 0 saturated heterocycles. The van der Waals surface area contributed by atoms with Gasteiger partial charge in [0.15, 0.2) is 0 Å². The van der Waals surface area contributed by atoms with Crippen LogP contribution in [0.3, 0.4) is 0 Å². The number of rotatable bonds is 4. The molecule has 6 heteroatoms. The molecule has 0 radical (unpaired) electrons. The lowest BCUT2D eigenvalue weighted by molar-refractivity contribution is 0.102. The second-order valence-corrected chi connectivity index (χ2v) is 5.60.